The minimum atomic E-state index is -0.401. The Morgan fingerprint density at radius 3 is 2.74 bits per heavy atom. The summed E-state index contributed by atoms with van der Waals surface area (Å²) in [5, 5.41) is 3.50. The van der Waals surface area contributed by atoms with Crippen molar-refractivity contribution in [3.05, 3.63) is 0 Å². The third kappa shape index (κ3) is 4.10. The number of hydrogen-bond donors (Lipinski definition) is 1. The molecule has 0 spiro atoms. The lowest BCUT2D eigenvalue weighted by Crippen LogP contribution is -2.47. The van der Waals surface area contributed by atoms with Crippen LogP contribution in [0, 0.1) is 5.92 Å². The van der Waals surface area contributed by atoms with E-state index < -0.39 is 5.60 Å². The number of nitrogens with zero attached hydrogens (tertiary/aromatic N) is 1. The maximum absolute atomic E-state index is 12.4. The zero-order valence-electron chi connectivity index (χ0n) is 12.6. The van der Waals surface area contributed by atoms with Gasteiger partial charge in [-0.05, 0) is 65.5 Å². The molecule has 19 heavy (non-hydrogen) atoms. The first kappa shape index (κ1) is 14.6. The van der Waals surface area contributed by atoms with Crippen LogP contribution < -0.4 is 5.32 Å². The van der Waals surface area contributed by atoms with Crippen LogP contribution in [0.3, 0.4) is 0 Å². The molecule has 2 aliphatic heterocycles. The number of fused-ring (bicyclic) bond motifs is 1. The van der Waals surface area contributed by atoms with Crippen molar-refractivity contribution in [1.29, 1.82) is 0 Å². The Labute approximate surface area is 116 Å². The zero-order valence-corrected chi connectivity index (χ0v) is 12.6. The van der Waals surface area contributed by atoms with Gasteiger partial charge in [0.2, 0.25) is 0 Å². The van der Waals surface area contributed by atoms with Crippen LogP contribution in [-0.4, -0.2) is 42.3 Å². The van der Waals surface area contributed by atoms with Crippen LogP contribution in [0.5, 0.6) is 0 Å². The summed E-state index contributed by atoms with van der Waals surface area (Å²) in [6, 6.07) is 0.368. The molecule has 0 radical (unpaired) electrons. The Hall–Kier alpha value is -0.770. The molecule has 0 aromatic rings. The van der Waals surface area contributed by atoms with E-state index in [2.05, 4.69) is 5.32 Å². The molecule has 1 N–H and O–H groups in total. The summed E-state index contributed by atoms with van der Waals surface area (Å²) in [7, 11) is 0. The van der Waals surface area contributed by atoms with Gasteiger partial charge in [0.05, 0.1) is 0 Å². The summed E-state index contributed by atoms with van der Waals surface area (Å²) in [5.41, 5.74) is -0.401. The molecule has 0 aliphatic carbocycles. The monoisotopic (exact) mass is 268 g/mol. The second-order valence-corrected chi connectivity index (χ2v) is 6.84. The van der Waals surface area contributed by atoms with Gasteiger partial charge in [-0.25, -0.2) is 4.79 Å². The SMILES string of the molecule is CC(C)(C)OC(=O)N1CCCC[C@@H]2CNCCC[C@H]21. The smallest absolute Gasteiger partial charge is 0.410 e. The summed E-state index contributed by atoms with van der Waals surface area (Å²) in [4.78, 5) is 14.4. The van der Waals surface area contributed by atoms with E-state index in [1.807, 2.05) is 25.7 Å². The van der Waals surface area contributed by atoms with E-state index in [9.17, 15) is 4.79 Å². The third-order valence-corrected chi connectivity index (χ3v) is 4.06. The van der Waals surface area contributed by atoms with E-state index in [-0.39, 0.29) is 6.09 Å². The molecule has 0 aromatic carbocycles. The molecule has 0 saturated carbocycles. The fraction of sp³-hybridized carbons (Fsp3) is 0.933. The predicted molar refractivity (Wildman–Crippen MR) is 76.2 cm³/mol. The van der Waals surface area contributed by atoms with E-state index in [1.165, 1.54) is 12.8 Å². The van der Waals surface area contributed by atoms with Crippen LogP contribution >= 0.6 is 0 Å². The zero-order chi connectivity index (χ0) is 13.9. The molecule has 2 atom stereocenters. The van der Waals surface area contributed by atoms with Gasteiger partial charge in [-0.15, -0.1) is 0 Å². The highest BCUT2D eigenvalue weighted by molar-refractivity contribution is 5.68. The average Bonchev–Trinajstić information content (AvgIpc) is 2.60. The highest BCUT2D eigenvalue weighted by atomic mass is 16.6. The van der Waals surface area contributed by atoms with Crippen molar-refractivity contribution in [1.82, 2.24) is 10.2 Å². The number of ether oxygens (including phenoxy) is 1. The molecule has 0 unspecified atom stereocenters. The number of carbonyl (C=O) groups excluding carboxylic acids is 1. The van der Waals surface area contributed by atoms with Crippen LogP contribution in [0.2, 0.25) is 0 Å². The van der Waals surface area contributed by atoms with Gasteiger partial charge >= 0.3 is 6.09 Å². The molecule has 110 valence electrons. The molecular formula is C15H28N2O2. The van der Waals surface area contributed by atoms with Crippen LogP contribution in [0.15, 0.2) is 0 Å². The lowest BCUT2D eigenvalue weighted by atomic mass is 9.93. The average molecular weight is 268 g/mol. The normalized spacial score (nSPS) is 29.1. The second-order valence-electron chi connectivity index (χ2n) is 6.84. The molecule has 4 heteroatoms. The lowest BCUT2D eigenvalue weighted by Gasteiger charge is -2.35. The van der Waals surface area contributed by atoms with E-state index in [0.29, 0.717) is 12.0 Å². The first-order valence-corrected chi connectivity index (χ1v) is 7.68. The molecule has 0 aromatic heterocycles. The number of amides is 1. The number of likely N-dealkylation sites (tertiary alicyclic amines) is 1. The van der Waals surface area contributed by atoms with Crippen LogP contribution in [0.4, 0.5) is 4.79 Å². The minimum Gasteiger partial charge on any atom is -0.444 e. The van der Waals surface area contributed by atoms with Gasteiger partial charge in [-0.3, -0.25) is 0 Å². The van der Waals surface area contributed by atoms with E-state index in [4.69, 9.17) is 4.74 Å². The van der Waals surface area contributed by atoms with Crippen LogP contribution in [-0.2, 0) is 4.74 Å². The topological polar surface area (TPSA) is 41.6 Å². The highest BCUT2D eigenvalue weighted by Gasteiger charge is 2.35. The Balaban J connectivity index is 2.09. The molecular weight excluding hydrogens is 240 g/mol. The number of carbonyl (C=O) groups is 1. The van der Waals surface area contributed by atoms with Gasteiger partial charge in [-0.2, -0.15) is 0 Å². The van der Waals surface area contributed by atoms with Crippen molar-refractivity contribution in [3.63, 3.8) is 0 Å². The predicted octanol–water partition coefficient (Wildman–Crippen LogP) is 2.78. The summed E-state index contributed by atoms with van der Waals surface area (Å²) < 4.78 is 5.59. The molecule has 4 nitrogen and oxygen atoms in total. The van der Waals surface area contributed by atoms with Crippen LogP contribution in [0.25, 0.3) is 0 Å². The Kier molecular flexibility index (Phi) is 4.71. The van der Waals surface area contributed by atoms with Gasteiger partial charge in [0.25, 0.3) is 0 Å². The van der Waals surface area contributed by atoms with Crippen molar-refractivity contribution in [2.45, 2.75) is 64.5 Å². The van der Waals surface area contributed by atoms with Crippen molar-refractivity contribution in [2.24, 2.45) is 5.92 Å². The maximum atomic E-state index is 12.4. The van der Waals surface area contributed by atoms with Crippen molar-refractivity contribution in [3.8, 4) is 0 Å². The van der Waals surface area contributed by atoms with Gasteiger partial charge in [0.15, 0.2) is 0 Å². The fourth-order valence-electron chi connectivity index (χ4n) is 3.20. The number of hydrogen-bond acceptors (Lipinski definition) is 3. The molecule has 2 heterocycles. The molecule has 2 saturated heterocycles. The van der Waals surface area contributed by atoms with Crippen molar-refractivity contribution in [2.75, 3.05) is 19.6 Å². The summed E-state index contributed by atoms with van der Waals surface area (Å²) in [6.45, 7) is 8.80. The largest absolute Gasteiger partial charge is 0.444 e. The van der Waals surface area contributed by atoms with Gasteiger partial charge < -0.3 is 15.0 Å². The Bertz CT molecular complexity index is 310. The standard InChI is InChI=1S/C15H28N2O2/c1-15(2,3)19-14(18)17-10-5-4-7-12-11-16-9-6-8-13(12)17/h12-13,16H,4-11H2,1-3H3/t12-,13-/m1/s1. The third-order valence-electron chi connectivity index (χ3n) is 4.06. The summed E-state index contributed by atoms with van der Waals surface area (Å²) >= 11 is 0. The molecule has 2 aliphatic rings. The molecule has 2 fully saturated rings. The van der Waals surface area contributed by atoms with Crippen molar-refractivity contribution >= 4 is 6.09 Å². The molecule has 0 bridgehead atoms. The van der Waals surface area contributed by atoms with Gasteiger partial charge in [0.1, 0.15) is 5.60 Å². The number of rotatable bonds is 0. The molecule has 1 amide bonds. The van der Waals surface area contributed by atoms with Crippen molar-refractivity contribution < 1.29 is 9.53 Å². The molecule has 2 rings (SSSR count). The Morgan fingerprint density at radius 2 is 2.00 bits per heavy atom. The van der Waals surface area contributed by atoms with E-state index in [0.717, 1.165) is 38.9 Å². The highest BCUT2D eigenvalue weighted by Crippen LogP contribution is 2.28. The Morgan fingerprint density at radius 1 is 1.21 bits per heavy atom. The quantitative estimate of drug-likeness (QED) is 0.734. The fourth-order valence-corrected chi connectivity index (χ4v) is 3.20. The minimum absolute atomic E-state index is 0.119. The summed E-state index contributed by atoms with van der Waals surface area (Å²) in [5.74, 6) is 0.595. The first-order valence-electron chi connectivity index (χ1n) is 7.68. The summed E-state index contributed by atoms with van der Waals surface area (Å²) in [6.07, 6.45) is 5.70. The van der Waals surface area contributed by atoms with Gasteiger partial charge in [-0.1, -0.05) is 6.42 Å². The first-order chi connectivity index (χ1) is 8.97. The van der Waals surface area contributed by atoms with Crippen LogP contribution in [0.1, 0.15) is 52.9 Å². The van der Waals surface area contributed by atoms with Gasteiger partial charge in [0, 0.05) is 12.6 Å². The lowest BCUT2D eigenvalue weighted by molar-refractivity contribution is 0.0114. The maximum Gasteiger partial charge on any atom is 0.410 e. The second kappa shape index (κ2) is 6.12. The number of nitrogens with one attached hydrogen (secondary N) is 1. The van der Waals surface area contributed by atoms with E-state index >= 15 is 0 Å². The van der Waals surface area contributed by atoms with E-state index in [1.54, 1.807) is 0 Å².